The van der Waals surface area contributed by atoms with Crippen molar-refractivity contribution in [2.24, 2.45) is 5.41 Å². The first-order chi connectivity index (χ1) is 8.12. The standard InChI is InChI=1S/C12H21NO3S/c1-3-13-10(14)4-7-17-9-12(5-6-12)8-11(15)16-2/h3-9H2,1-2H3,(H,13,14). The summed E-state index contributed by atoms with van der Waals surface area (Å²) in [6.45, 7) is 2.61. The highest BCUT2D eigenvalue weighted by Crippen LogP contribution is 2.51. The molecular formula is C12H21NO3S. The molecule has 0 aromatic heterocycles. The summed E-state index contributed by atoms with van der Waals surface area (Å²) in [7, 11) is 1.43. The number of hydrogen-bond donors (Lipinski definition) is 1. The second-order valence-electron chi connectivity index (χ2n) is 4.51. The highest BCUT2D eigenvalue weighted by molar-refractivity contribution is 7.99. The fourth-order valence-corrected chi connectivity index (χ4v) is 2.96. The minimum absolute atomic E-state index is 0.109. The third-order valence-electron chi connectivity index (χ3n) is 2.96. The van der Waals surface area contributed by atoms with Crippen LogP contribution in [0.25, 0.3) is 0 Å². The summed E-state index contributed by atoms with van der Waals surface area (Å²) < 4.78 is 4.69. The van der Waals surface area contributed by atoms with Crippen molar-refractivity contribution in [3.05, 3.63) is 0 Å². The predicted octanol–water partition coefficient (Wildman–Crippen LogP) is 1.59. The third kappa shape index (κ3) is 5.44. The van der Waals surface area contributed by atoms with Crippen molar-refractivity contribution < 1.29 is 14.3 Å². The van der Waals surface area contributed by atoms with Crippen LogP contribution >= 0.6 is 11.8 Å². The average molecular weight is 259 g/mol. The van der Waals surface area contributed by atoms with Crippen LogP contribution in [0.2, 0.25) is 0 Å². The molecule has 1 amide bonds. The molecule has 4 nitrogen and oxygen atoms in total. The zero-order valence-electron chi connectivity index (χ0n) is 10.6. The number of rotatable bonds is 8. The first-order valence-electron chi connectivity index (χ1n) is 6.03. The van der Waals surface area contributed by atoms with Crippen molar-refractivity contribution >= 4 is 23.6 Å². The fraction of sp³-hybridized carbons (Fsp3) is 0.833. The number of nitrogens with one attached hydrogen (secondary N) is 1. The lowest BCUT2D eigenvalue weighted by molar-refractivity contribution is -0.141. The summed E-state index contributed by atoms with van der Waals surface area (Å²) >= 11 is 1.76. The van der Waals surface area contributed by atoms with Crippen LogP contribution in [0.1, 0.15) is 32.6 Å². The lowest BCUT2D eigenvalue weighted by atomic mass is 10.1. The molecule has 0 spiro atoms. The zero-order valence-corrected chi connectivity index (χ0v) is 11.4. The molecular weight excluding hydrogens is 238 g/mol. The Morgan fingerprint density at radius 3 is 2.65 bits per heavy atom. The van der Waals surface area contributed by atoms with Gasteiger partial charge in [-0.3, -0.25) is 9.59 Å². The fourth-order valence-electron chi connectivity index (χ4n) is 1.67. The highest BCUT2D eigenvalue weighted by Gasteiger charge is 2.44. The van der Waals surface area contributed by atoms with Crippen LogP contribution in [0.5, 0.6) is 0 Å². The van der Waals surface area contributed by atoms with Gasteiger partial charge in [0.1, 0.15) is 0 Å². The van der Waals surface area contributed by atoms with Gasteiger partial charge in [-0.05, 0) is 30.9 Å². The molecule has 1 aliphatic carbocycles. The summed E-state index contributed by atoms with van der Waals surface area (Å²) in [4.78, 5) is 22.4. The molecule has 1 fully saturated rings. The Morgan fingerprint density at radius 2 is 2.12 bits per heavy atom. The first kappa shape index (κ1) is 14.4. The summed E-state index contributed by atoms with van der Waals surface area (Å²) in [6, 6.07) is 0. The van der Waals surface area contributed by atoms with Crippen molar-refractivity contribution in [2.45, 2.75) is 32.6 Å². The number of carbonyl (C=O) groups is 2. The molecule has 0 saturated heterocycles. The number of ether oxygens (including phenoxy) is 1. The molecule has 1 rings (SSSR count). The van der Waals surface area contributed by atoms with Crippen molar-refractivity contribution in [1.82, 2.24) is 5.32 Å². The highest BCUT2D eigenvalue weighted by atomic mass is 32.2. The Bertz CT molecular complexity index is 277. The van der Waals surface area contributed by atoms with Gasteiger partial charge >= 0.3 is 5.97 Å². The monoisotopic (exact) mass is 259 g/mol. The molecule has 0 atom stereocenters. The van der Waals surface area contributed by atoms with Gasteiger partial charge in [0.15, 0.2) is 0 Å². The molecule has 0 aromatic rings. The summed E-state index contributed by atoms with van der Waals surface area (Å²) in [5.41, 5.74) is 0.166. The lowest BCUT2D eigenvalue weighted by Crippen LogP contribution is -2.23. The molecule has 0 aromatic carbocycles. The normalized spacial score (nSPS) is 16.4. The summed E-state index contributed by atoms with van der Waals surface area (Å²) in [5, 5.41) is 2.77. The number of amides is 1. The third-order valence-corrected chi connectivity index (χ3v) is 4.27. The molecule has 1 saturated carbocycles. The number of hydrogen-bond acceptors (Lipinski definition) is 4. The molecule has 5 heteroatoms. The van der Waals surface area contributed by atoms with Crippen LogP contribution in [0.3, 0.4) is 0 Å². The van der Waals surface area contributed by atoms with Crippen molar-refractivity contribution in [3.8, 4) is 0 Å². The smallest absolute Gasteiger partial charge is 0.306 e. The minimum atomic E-state index is -0.119. The maximum absolute atomic E-state index is 11.2. The van der Waals surface area contributed by atoms with Crippen LogP contribution in [0, 0.1) is 5.41 Å². The van der Waals surface area contributed by atoms with E-state index >= 15 is 0 Å². The maximum Gasteiger partial charge on any atom is 0.306 e. The summed E-state index contributed by atoms with van der Waals surface area (Å²) in [6.07, 6.45) is 3.30. The van der Waals surface area contributed by atoms with Gasteiger partial charge in [0.2, 0.25) is 5.91 Å². The molecule has 0 bridgehead atoms. The van der Waals surface area contributed by atoms with Crippen molar-refractivity contribution in [3.63, 3.8) is 0 Å². The second kappa shape index (κ2) is 6.89. The van der Waals surface area contributed by atoms with E-state index in [-0.39, 0.29) is 17.3 Å². The average Bonchev–Trinajstić information content (AvgIpc) is 3.05. The molecule has 0 aliphatic heterocycles. The molecule has 0 radical (unpaired) electrons. The Kier molecular flexibility index (Phi) is 5.82. The van der Waals surface area contributed by atoms with E-state index in [9.17, 15) is 9.59 Å². The molecule has 17 heavy (non-hydrogen) atoms. The number of methoxy groups -OCH3 is 1. The van der Waals surface area contributed by atoms with Gasteiger partial charge in [-0.2, -0.15) is 11.8 Å². The number of esters is 1. The molecule has 1 N–H and O–H groups in total. The van der Waals surface area contributed by atoms with E-state index in [1.54, 1.807) is 11.8 Å². The Morgan fingerprint density at radius 1 is 1.41 bits per heavy atom. The van der Waals surface area contributed by atoms with Gasteiger partial charge in [0.05, 0.1) is 13.5 Å². The van der Waals surface area contributed by atoms with Gasteiger partial charge in [-0.25, -0.2) is 0 Å². The minimum Gasteiger partial charge on any atom is -0.469 e. The van der Waals surface area contributed by atoms with E-state index in [0.717, 1.165) is 24.3 Å². The molecule has 0 heterocycles. The van der Waals surface area contributed by atoms with Gasteiger partial charge in [0.25, 0.3) is 0 Å². The SMILES string of the molecule is CCNC(=O)CCSCC1(CC(=O)OC)CC1. The van der Waals surface area contributed by atoms with Gasteiger partial charge in [-0.1, -0.05) is 0 Å². The molecule has 1 aliphatic rings. The lowest BCUT2D eigenvalue weighted by Gasteiger charge is -2.12. The largest absolute Gasteiger partial charge is 0.469 e. The van der Waals surface area contributed by atoms with E-state index in [4.69, 9.17) is 4.74 Å². The van der Waals surface area contributed by atoms with E-state index < -0.39 is 0 Å². The Hall–Kier alpha value is -0.710. The number of carbonyl (C=O) groups excluding carboxylic acids is 2. The predicted molar refractivity (Wildman–Crippen MR) is 68.9 cm³/mol. The van der Waals surface area contributed by atoms with Gasteiger partial charge in [0, 0.05) is 18.7 Å². The van der Waals surface area contributed by atoms with Crippen molar-refractivity contribution in [1.29, 1.82) is 0 Å². The quantitative estimate of drug-likeness (QED) is 0.531. The first-order valence-corrected chi connectivity index (χ1v) is 7.18. The van der Waals surface area contributed by atoms with Gasteiger partial charge < -0.3 is 10.1 Å². The Labute approximate surface area is 107 Å². The van der Waals surface area contributed by atoms with Crippen LogP contribution in [0.15, 0.2) is 0 Å². The second-order valence-corrected chi connectivity index (χ2v) is 5.61. The van der Waals surface area contributed by atoms with Crippen LogP contribution in [0.4, 0.5) is 0 Å². The molecule has 0 unspecified atom stereocenters. The van der Waals surface area contributed by atoms with E-state index in [1.165, 1.54) is 7.11 Å². The number of thioether (sulfide) groups is 1. The van der Waals surface area contributed by atoms with Crippen LogP contribution in [-0.2, 0) is 14.3 Å². The Balaban J connectivity index is 2.10. The van der Waals surface area contributed by atoms with Crippen LogP contribution < -0.4 is 5.32 Å². The van der Waals surface area contributed by atoms with Crippen molar-refractivity contribution in [2.75, 3.05) is 25.2 Å². The summed E-state index contributed by atoms with van der Waals surface area (Å²) in [5.74, 6) is 1.78. The van der Waals surface area contributed by atoms with E-state index in [2.05, 4.69) is 5.32 Å². The zero-order chi connectivity index (χ0) is 12.7. The maximum atomic E-state index is 11.2. The van der Waals surface area contributed by atoms with Crippen LogP contribution in [-0.4, -0.2) is 37.0 Å². The van der Waals surface area contributed by atoms with Gasteiger partial charge in [-0.15, -0.1) is 0 Å². The van der Waals surface area contributed by atoms with E-state index in [0.29, 0.717) is 19.4 Å². The van der Waals surface area contributed by atoms with E-state index in [1.807, 2.05) is 6.92 Å². The topological polar surface area (TPSA) is 55.4 Å². The molecule has 98 valence electrons.